The van der Waals surface area contributed by atoms with E-state index in [0.717, 1.165) is 24.0 Å². The molecule has 0 aliphatic carbocycles. The van der Waals surface area contributed by atoms with Crippen molar-refractivity contribution >= 4 is 85.9 Å². The summed E-state index contributed by atoms with van der Waals surface area (Å²) >= 11 is 0. The van der Waals surface area contributed by atoms with Gasteiger partial charge >= 0.3 is 74.3 Å². The van der Waals surface area contributed by atoms with Crippen LogP contribution in [0.15, 0.2) is 42.5 Å². The molecule has 0 saturated heterocycles. The van der Waals surface area contributed by atoms with E-state index in [-0.39, 0.29) is 88.1 Å². The van der Waals surface area contributed by atoms with Crippen LogP contribution in [0.1, 0.15) is 62.5 Å². The topological polar surface area (TPSA) is 185 Å². The molecular weight excluding hydrogens is 530 g/mol. The van der Waals surface area contributed by atoms with Crippen molar-refractivity contribution in [2.75, 3.05) is 5.32 Å². The summed E-state index contributed by atoms with van der Waals surface area (Å²) in [5.41, 5.74) is 1.97. The Balaban J connectivity index is 0.00000612. The molecule has 0 aliphatic rings. The first-order valence-corrected chi connectivity index (χ1v) is 14.2. The predicted octanol–water partition coefficient (Wildman–Crippen LogP) is 2.89. The summed E-state index contributed by atoms with van der Waals surface area (Å²) in [6.45, 7) is 4.06. The first-order chi connectivity index (χ1) is 15.8. The number of phenolic OH excluding ortho intramolecular Hbond substituents is 2. The van der Waals surface area contributed by atoms with Crippen molar-refractivity contribution < 1.29 is 43.7 Å². The average Bonchev–Trinajstić information content (AvgIpc) is 2.72. The minimum atomic E-state index is -5.13. The van der Waals surface area contributed by atoms with Crippen LogP contribution in [-0.4, -0.2) is 100 Å². The molecule has 0 bridgehead atoms. The zero-order chi connectivity index (χ0) is 25.7. The van der Waals surface area contributed by atoms with Crippen molar-refractivity contribution in [3.8, 4) is 11.5 Å². The van der Waals surface area contributed by atoms with Gasteiger partial charge in [-0.1, -0.05) is 32.0 Å². The van der Waals surface area contributed by atoms with Crippen molar-refractivity contribution in [1.29, 1.82) is 0 Å². The van der Waals surface area contributed by atoms with Crippen LogP contribution in [-0.2, 0) is 13.9 Å². The molecule has 2 rings (SSSR count). The molecule has 0 fully saturated rings. The van der Waals surface area contributed by atoms with E-state index in [1.807, 2.05) is 26.0 Å². The van der Waals surface area contributed by atoms with Crippen LogP contribution < -0.4 is 5.32 Å². The molecule has 2 aromatic rings. The first kappa shape index (κ1) is 35.8. The number of anilines is 1. The van der Waals surface area contributed by atoms with Gasteiger partial charge in [-0.25, -0.2) is 0 Å². The molecule has 2 atom stereocenters. The van der Waals surface area contributed by atoms with E-state index in [9.17, 15) is 43.7 Å². The number of aromatic hydroxyl groups is 2. The monoisotopic (exact) mass is 563 g/mol. The molecule has 7 N–H and O–H groups in total. The first-order valence-electron chi connectivity index (χ1n) is 10.8. The number of hydrogen-bond donors (Lipinski definition) is 7. The van der Waals surface area contributed by atoms with Crippen LogP contribution in [0, 0.1) is 0 Å². The Kier molecular flexibility index (Phi) is 15.3. The average molecular weight is 563 g/mol. The van der Waals surface area contributed by atoms with Gasteiger partial charge < -0.3 is 35.1 Å². The fraction of sp³-hybridized carbons (Fsp3) is 0.409. The van der Waals surface area contributed by atoms with E-state index in [1.54, 1.807) is 24.3 Å². The number of carbonyl (C=O) groups excluding carboxylic acids is 1. The second-order valence-electron chi connectivity index (χ2n) is 8.14. The summed E-state index contributed by atoms with van der Waals surface area (Å²) < 4.78 is 22.8. The predicted molar refractivity (Wildman–Crippen MR) is 142 cm³/mol. The molecule has 2 unspecified atom stereocenters. The number of carbonyl (C=O) groups is 1. The van der Waals surface area contributed by atoms with Gasteiger partial charge in [-0.2, -0.15) is 0 Å². The minimum absolute atomic E-state index is 0. The van der Waals surface area contributed by atoms with Gasteiger partial charge in [0, 0.05) is 6.42 Å². The van der Waals surface area contributed by atoms with E-state index in [1.165, 1.54) is 6.07 Å². The van der Waals surface area contributed by atoms with Gasteiger partial charge in [0.1, 0.15) is 11.5 Å². The van der Waals surface area contributed by atoms with Crippen LogP contribution in [0.2, 0.25) is 0 Å². The Hall–Kier alpha value is -0.190. The molecule has 0 saturated carbocycles. The Morgan fingerprint density at radius 2 is 1.31 bits per heavy atom. The normalized spacial score (nSPS) is 13.3. The fourth-order valence-electron chi connectivity index (χ4n) is 4.12. The van der Waals surface area contributed by atoms with Crippen molar-refractivity contribution in [2.24, 2.45) is 0 Å². The quantitative estimate of drug-likeness (QED) is 0.123. The summed E-state index contributed by atoms with van der Waals surface area (Å²) in [6.07, 6.45) is 0.270. The summed E-state index contributed by atoms with van der Waals surface area (Å²) in [7, 11) is -10.3. The van der Waals surface area contributed by atoms with Crippen molar-refractivity contribution in [3.05, 3.63) is 53.6 Å². The van der Waals surface area contributed by atoms with E-state index in [4.69, 9.17) is 0 Å². The van der Waals surface area contributed by atoms with E-state index in [0.29, 0.717) is 0 Å². The van der Waals surface area contributed by atoms with E-state index >= 15 is 0 Å². The number of phenols is 2. The van der Waals surface area contributed by atoms with Crippen molar-refractivity contribution in [1.82, 2.24) is 0 Å². The van der Waals surface area contributed by atoms with Gasteiger partial charge in [-0.05, 0) is 66.5 Å². The molecule has 0 heterocycles. The number of amides is 1. The van der Waals surface area contributed by atoms with Gasteiger partial charge in [0.15, 0.2) is 5.40 Å². The van der Waals surface area contributed by atoms with E-state index in [2.05, 4.69) is 5.32 Å². The Morgan fingerprint density at radius 1 is 0.833 bits per heavy atom. The standard InChI is InChI=1S/C22H31NO9P2.2Na.2H/c1-3-17(14-5-8-16(24)9-6-14)18(4-2)15-7-10-20(25)19(13-15)23-21(26)11-12-22(33(27,28)29)34(30,31)32;;;;/h5-10,13,17-18,22,24-25H,3-4,11-12H2,1-2H3,(H,23,26)(H2,27,28,29)(H2,30,31,32);;;;. The van der Waals surface area contributed by atoms with Crippen molar-refractivity contribution in [3.63, 3.8) is 0 Å². The van der Waals surface area contributed by atoms with Crippen molar-refractivity contribution in [2.45, 2.75) is 56.8 Å². The molecule has 36 heavy (non-hydrogen) atoms. The van der Waals surface area contributed by atoms with Crippen LogP contribution in [0.5, 0.6) is 11.5 Å². The van der Waals surface area contributed by atoms with Gasteiger partial charge in [-0.3, -0.25) is 13.9 Å². The molecular formula is C22H33NNa2O9P2. The number of nitrogens with one attached hydrogen (secondary N) is 1. The summed E-state index contributed by atoms with van der Waals surface area (Å²) in [6, 6.07) is 11.8. The van der Waals surface area contributed by atoms with Crippen LogP contribution in [0.3, 0.4) is 0 Å². The molecule has 0 radical (unpaired) electrons. The molecule has 0 aliphatic heterocycles. The molecule has 2 aromatic carbocycles. The third-order valence-corrected chi connectivity index (χ3v) is 9.69. The van der Waals surface area contributed by atoms with Gasteiger partial charge in [0.25, 0.3) is 0 Å². The van der Waals surface area contributed by atoms with Crippen LogP contribution >= 0.6 is 15.2 Å². The Labute approximate surface area is 254 Å². The van der Waals surface area contributed by atoms with E-state index < -0.39 is 39.3 Å². The third-order valence-electron chi connectivity index (χ3n) is 5.82. The van der Waals surface area contributed by atoms with Gasteiger partial charge in [0.2, 0.25) is 5.91 Å². The van der Waals surface area contributed by atoms with Gasteiger partial charge in [0.05, 0.1) is 5.69 Å². The fourth-order valence-corrected chi connectivity index (χ4v) is 6.61. The molecule has 0 aromatic heterocycles. The number of hydrogen-bond acceptors (Lipinski definition) is 5. The molecule has 0 spiro atoms. The van der Waals surface area contributed by atoms with Gasteiger partial charge in [-0.15, -0.1) is 0 Å². The molecule has 1 amide bonds. The summed E-state index contributed by atoms with van der Waals surface area (Å²) in [5.74, 6) is -0.671. The summed E-state index contributed by atoms with van der Waals surface area (Å²) in [5, 5.41) is 20.0. The Morgan fingerprint density at radius 3 is 1.78 bits per heavy atom. The van der Waals surface area contributed by atoms with Crippen LogP contribution in [0.25, 0.3) is 0 Å². The zero-order valence-electron chi connectivity index (χ0n) is 18.9. The zero-order valence-corrected chi connectivity index (χ0v) is 20.7. The SMILES string of the molecule is CCC(c1ccc(O)cc1)C(CC)c1ccc(O)c(NC(=O)CCC(P(=O)(O)O)P(=O)(O)O)c1.[NaH].[NaH]. The third kappa shape index (κ3) is 10.2. The molecule has 14 heteroatoms. The molecule has 10 nitrogen and oxygen atoms in total. The Bertz CT molecular complexity index is 1070. The number of benzene rings is 2. The van der Waals surface area contributed by atoms with Crippen LogP contribution in [0.4, 0.5) is 5.69 Å². The second kappa shape index (κ2) is 15.4. The maximum atomic E-state index is 12.4. The second-order valence-corrected chi connectivity index (χ2v) is 12.2. The maximum absolute atomic E-state index is 12.4. The molecule has 192 valence electrons. The summed E-state index contributed by atoms with van der Waals surface area (Å²) in [4.78, 5) is 49.2. The number of rotatable bonds is 11.